The number of benzene rings is 1. The van der Waals surface area contributed by atoms with E-state index in [2.05, 4.69) is 16.0 Å². The number of phenols is 1. The number of carbonyl (C=O) groups is 5. The standard InChI is InChI=1S/C24H36N4O9/c1-4-12(2)19(27-21(33)16(25)9-10-18(31)32)23(35)26-17(11-14-5-7-15(30)8-6-14)22(34)28-20(13(3)29)24(36)37/h5-8,12-13,16-17,19-20,29-30H,4,9-11,25H2,1-3H3,(H,26,35)(H,27,33)(H,28,34)(H,31,32)(H,36,37). The first-order valence-electron chi connectivity index (χ1n) is 11.8. The summed E-state index contributed by atoms with van der Waals surface area (Å²) in [6, 6.07) is 0.544. The van der Waals surface area contributed by atoms with Crippen molar-refractivity contribution < 1.29 is 44.4 Å². The van der Waals surface area contributed by atoms with Crippen LogP contribution in [-0.2, 0) is 30.4 Å². The number of amides is 3. The second-order valence-electron chi connectivity index (χ2n) is 8.91. The molecule has 13 heteroatoms. The van der Waals surface area contributed by atoms with Crippen molar-refractivity contribution in [1.82, 2.24) is 16.0 Å². The van der Waals surface area contributed by atoms with E-state index >= 15 is 0 Å². The zero-order chi connectivity index (χ0) is 28.3. The molecule has 0 fully saturated rings. The fourth-order valence-electron chi connectivity index (χ4n) is 3.35. The van der Waals surface area contributed by atoms with Gasteiger partial charge in [-0.15, -0.1) is 0 Å². The van der Waals surface area contributed by atoms with Crippen molar-refractivity contribution in [2.24, 2.45) is 11.7 Å². The van der Waals surface area contributed by atoms with E-state index in [0.29, 0.717) is 12.0 Å². The number of aliphatic hydroxyl groups is 1. The minimum absolute atomic E-state index is 0.0207. The molecule has 9 N–H and O–H groups in total. The van der Waals surface area contributed by atoms with E-state index in [1.165, 1.54) is 31.2 Å². The largest absolute Gasteiger partial charge is 0.508 e. The Balaban J connectivity index is 3.16. The van der Waals surface area contributed by atoms with E-state index in [0.717, 1.165) is 0 Å². The Hall–Kier alpha value is -3.71. The molecular formula is C24H36N4O9. The van der Waals surface area contributed by atoms with Crippen LogP contribution in [0.4, 0.5) is 0 Å². The maximum absolute atomic E-state index is 13.2. The molecule has 6 atom stereocenters. The number of phenolic OH excluding ortho intramolecular Hbond substituents is 1. The van der Waals surface area contributed by atoms with E-state index < -0.39 is 65.8 Å². The average molecular weight is 525 g/mol. The first kappa shape index (κ1) is 31.3. The van der Waals surface area contributed by atoms with Crippen LogP contribution in [0, 0.1) is 5.92 Å². The summed E-state index contributed by atoms with van der Waals surface area (Å²) in [5.41, 5.74) is 6.29. The Kier molecular flexibility index (Phi) is 12.5. The van der Waals surface area contributed by atoms with E-state index in [1.54, 1.807) is 13.8 Å². The van der Waals surface area contributed by atoms with Crippen LogP contribution in [0.25, 0.3) is 0 Å². The Bertz CT molecular complexity index is 952. The van der Waals surface area contributed by atoms with Crippen LogP contribution >= 0.6 is 0 Å². The van der Waals surface area contributed by atoms with Gasteiger partial charge in [-0.25, -0.2) is 4.79 Å². The third kappa shape index (κ3) is 10.4. The topological polar surface area (TPSA) is 228 Å². The van der Waals surface area contributed by atoms with E-state index in [9.17, 15) is 39.3 Å². The lowest BCUT2D eigenvalue weighted by Crippen LogP contribution is -2.60. The lowest BCUT2D eigenvalue weighted by atomic mass is 9.96. The summed E-state index contributed by atoms with van der Waals surface area (Å²) < 4.78 is 0. The van der Waals surface area contributed by atoms with Crippen molar-refractivity contribution in [3.8, 4) is 5.75 Å². The van der Waals surface area contributed by atoms with Crippen LogP contribution in [-0.4, -0.2) is 80.4 Å². The minimum atomic E-state index is -1.64. The molecule has 37 heavy (non-hydrogen) atoms. The van der Waals surface area contributed by atoms with E-state index in [-0.39, 0.29) is 25.0 Å². The summed E-state index contributed by atoms with van der Waals surface area (Å²) in [4.78, 5) is 61.0. The zero-order valence-electron chi connectivity index (χ0n) is 21.0. The highest BCUT2D eigenvalue weighted by atomic mass is 16.4. The molecule has 1 aromatic rings. The number of aromatic hydroxyl groups is 1. The van der Waals surface area contributed by atoms with Crippen LogP contribution in [0.15, 0.2) is 24.3 Å². The van der Waals surface area contributed by atoms with E-state index in [1.807, 2.05) is 0 Å². The summed E-state index contributed by atoms with van der Waals surface area (Å²) in [6.07, 6.45) is -1.54. The third-order valence-electron chi connectivity index (χ3n) is 5.85. The minimum Gasteiger partial charge on any atom is -0.508 e. The van der Waals surface area contributed by atoms with Gasteiger partial charge in [0.1, 0.15) is 17.8 Å². The van der Waals surface area contributed by atoms with Crippen molar-refractivity contribution in [2.45, 2.75) is 76.7 Å². The predicted molar refractivity (Wildman–Crippen MR) is 131 cm³/mol. The highest BCUT2D eigenvalue weighted by Crippen LogP contribution is 2.14. The number of aliphatic hydroxyl groups excluding tert-OH is 1. The molecule has 206 valence electrons. The quantitative estimate of drug-likeness (QED) is 0.141. The fourth-order valence-corrected chi connectivity index (χ4v) is 3.35. The lowest BCUT2D eigenvalue weighted by molar-refractivity contribution is -0.145. The van der Waals surface area contributed by atoms with Gasteiger partial charge in [-0.3, -0.25) is 19.2 Å². The first-order valence-corrected chi connectivity index (χ1v) is 11.8. The Morgan fingerprint density at radius 2 is 1.46 bits per heavy atom. The molecule has 0 saturated carbocycles. The van der Waals surface area contributed by atoms with Crippen LogP contribution < -0.4 is 21.7 Å². The van der Waals surface area contributed by atoms with Crippen molar-refractivity contribution >= 4 is 29.7 Å². The number of carboxylic acids is 2. The molecule has 1 rings (SSSR count). The number of carbonyl (C=O) groups excluding carboxylic acids is 3. The SMILES string of the molecule is CCC(C)C(NC(=O)C(N)CCC(=O)O)C(=O)NC(Cc1ccc(O)cc1)C(=O)NC(C(=O)O)C(C)O. The van der Waals surface area contributed by atoms with Crippen molar-refractivity contribution in [2.75, 3.05) is 0 Å². The monoisotopic (exact) mass is 524 g/mol. The molecule has 1 aromatic carbocycles. The number of nitrogens with one attached hydrogen (secondary N) is 3. The second kappa shape index (κ2) is 14.8. The maximum Gasteiger partial charge on any atom is 0.328 e. The van der Waals surface area contributed by atoms with Gasteiger partial charge in [-0.05, 0) is 37.0 Å². The fraction of sp³-hybridized carbons (Fsp3) is 0.542. The van der Waals surface area contributed by atoms with Crippen molar-refractivity contribution in [1.29, 1.82) is 0 Å². The van der Waals surface area contributed by atoms with Gasteiger partial charge in [0.25, 0.3) is 0 Å². The number of rotatable bonds is 15. The molecule has 0 aliphatic carbocycles. The highest BCUT2D eigenvalue weighted by Gasteiger charge is 2.33. The first-order chi connectivity index (χ1) is 17.3. The molecule has 0 aliphatic heterocycles. The average Bonchev–Trinajstić information content (AvgIpc) is 2.83. The van der Waals surface area contributed by atoms with Gasteiger partial charge >= 0.3 is 11.9 Å². The Labute approximate surface area is 214 Å². The van der Waals surface area contributed by atoms with E-state index in [4.69, 9.17) is 10.8 Å². The summed E-state index contributed by atoms with van der Waals surface area (Å²) in [6.45, 7) is 4.66. The lowest BCUT2D eigenvalue weighted by Gasteiger charge is -2.28. The number of carboxylic acid groups (broad SMARTS) is 2. The smallest absolute Gasteiger partial charge is 0.328 e. The van der Waals surface area contributed by atoms with Crippen molar-refractivity contribution in [3.63, 3.8) is 0 Å². The third-order valence-corrected chi connectivity index (χ3v) is 5.85. The maximum atomic E-state index is 13.2. The molecule has 0 saturated heterocycles. The number of nitrogens with two attached hydrogens (primary N) is 1. The molecule has 0 aromatic heterocycles. The van der Waals surface area contributed by atoms with Gasteiger partial charge < -0.3 is 42.1 Å². The van der Waals surface area contributed by atoms with Crippen LogP contribution in [0.3, 0.4) is 0 Å². The van der Waals surface area contributed by atoms with Gasteiger partial charge in [0.15, 0.2) is 6.04 Å². The Morgan fingerprint density at radius 3 is 1.95 bits per heavy atom. The normalized spacial score (nSPS) is 15.8. The van der Waals surface area contributed by atoms with Crippen LogP contribution in [0.5, 0.6) is 5.75 Å². The van der Waals surface area contributed by atoms with Gasteiger partial charge in [-0.1, -0.05) is 32.4 Å². The summed E-state index contributed by atoms with van der Waals surface area (Å²) in [7, 11) is 0. The molecule has 0 bridgehead atoms. The molecule has 6 unspecified atom stereocenters. The molecular weight excluding hydrogens is 488 g/mol. The second-order valence-corrected chi connectivity index (χ2v) is 8.91. The molecule has 0 spiro atoms. The molecule has 3 amide bonds. The summed E-state index contributed by atoms with van der Waals surface area (Å²) in [5.74, 6) is -5.39. The van der Waals surface area contributed by atoms with Crippen LogP contribution in [0.2, 0.25) is 0 Å². The number of hydrogen-bond acceptors (Lipinski definition) is 8. The summed E-state index contributed by atoms with van der Waals surface area (Å²) >= 11 is 0. The Morgan fingerprint density at radius 1 is 0.892 bits per heavy atom. The highest BCUT2D eigenvalue weighted by molar-refractivity contribution is 5.94. The molecule has 0 radical (unpaired) electrons. The molecule has 0 heterocycles. The van der Waals surface area contributed by atoms with Crippen molar-refractivity contribution in [3.05, 3.63) is 29.8 Å². The number of hydrogen-bond donors (Lipinski definition) is 8. The van der Waals surface area contributed by atoms with Gasteiger partial charge in [0, 0.05) is 12.8 Å². The zero-order valence-corrected chi connectivity index (χ0v) is 21.0. The molecule has 13 nitrogen and oxygen atoms in total. The molecule has 0 aliphatic rings. The summed E-state index contributed by atoms with van der Waals surface area (Å²) in [5, 5.41) is 44.6. The van der Waals surface area contributed by atoms with Gasteiger partial charge in [0.2, 0.25) is 17.7 Å². The number of aliphatic carboxylic acids is 2. The van der Waals surface area contributed by atoms with Gasteiger partial charge in [0.05, 0.1) is 12.1 Å². The predicted octanol–water partition coefficient (Wildman–Crippen LogP) is -0.907. The van der Waals surface area contributed by atoms with Crippen LogP contribution in [0.1, 0.15) is 45.6 Å². The van der Waals surface area contributed by atoms with Gasteiger partial charge in [-0.2, -0.15) is 0 Å².